The molecule has 0 heterocycles. The largest absolute Gasteiger partial charge is 0.468 e. The van der Waals surface area contributed by atoms with Crippen LogP contribution in [0.15, 0.2) is 5.11 Å². The maximum absolute atomic E-state index is 11.5. The summed E-state index contributed by atoms with van der Waals surface area (Å²) >= 11 is 0. The van der Waals surface area contributed by atoms with Crippen LogP contribution in [0.5, 0.6) is 0 Å². The topological polar surface area (TPSA) is 87.1 Å². The highest BCUT2D eigenvalue weighted by atomic mass is 16.5. The van der Waals surface area contributed by atoms with Crippen LogP contribution in [0.25, 0.3) is 10.4 Å². The van der Waals surface area contributed by atoms with Gasteiger partial charge in [0.2, 0.25) is 0 Å². The molecule has 1 saturated carbocycles. The Bertz CT molecular complexity index is 272. The third-order valence-electron chi connectivity index (χ3n) is 2.94. The van der Waals surface area contributed by atoms with Gasteiger partial charge in [-0.25, -0.2) is 0 Å². The number of carbonyl (C=O) groups is 1. The van der Waals surface area contributed by atoms with Gasteiger partial charge >= 0.3 is 5.97 Å². The lowest BCUT2D eigenvalue weighted by Gasteiger charge is -2.32. The van der Waals surface area contributed by atoms with Gasteiger partial charge in [0.15, 0.2) is 0 Å². The van der Waals surface area contributed by atoms with Crippen LogP contribution in [-0.2, 0) is 9.53 Å². The highest BCUT2D eigenvalue weighted by molar-refractivity contribution is 5.76. The van der Waals surface area contributed by atoms with E-state index in [9.17, 15) is 4.79 Å². The number of ether oxygens (including phenoxy) is 1. The Balaban J connectivity index is 2.26. The Labute approximate surface area is 95.0 Å². The zero-order valence-electron chi connectivity index (χ0n) is 9.56. The van der Waals surface area contributed by atoms with E-state index in [-0.39, 0.29) is 12.0 Å². The number of methoxy groups -OCH3 is 1. The molecule has 1 fully saturated rings. The fraction of sp³-hybridized carbons (Fsp3) is 0.900. The van der Waals surface area contributed by atoms with E-state index in [2.05, 4.69) is 15.3 Å². The van der Waals surface area contributed by atoms with Gasteiger partial charge in [-0.3, -0.25) is 4.79 Å². The second-order valence-electron chi connectivity index (χ2n) is 3.95. The van der Waals surface area contributed by atoms with E-state index < -0.39 is 0 Å². The summed E-state index contributed by atoms with van der Waals surface area (Å²) < 4.78 is 4.76. The normalized spacial score (nSPS) is 17.1. The van der Waals surface area contributed by atoms with Crippen molar-refractivity contribution in [2.75, 3.05) is 20.2 Å². The Morgan fingerprint density at radius 3 is 2.94 bits per heavy atom. The first kappa shape index (κ1) is 12.8. The Hall–Kier alpha value is -1.26. The molecule has 0 aliphatic heterocycles. The molecule has 1 N–H and O–H groups in total. The zero-order valence-corrected chi connectivity index (χ0v) is 9.56. The second-order valence-corrected chi connectivity index (χ2v) is 3.95. The van der Waals surface area contributed by atoms with Crippen molar-refractivity contribution in [2.45, 2.75) is 31.7 Å². The van der Waals surface area contributed by atoms with Crippen LogP contribution < -0.4 is 5.32 Å². The summed E-state index contributed by atoms with van der Waals surface area (Å²) in [4.78, 5) is 14.2. The highest BCUT2D eigenvalue weighted by Gasteiger charge is 2.32. The molecule has 6 nitrogen and oxygen atoms in total. The zero-order chi connectivity index (χ0) is 11.8. The molecule has 16 heavy (non-hydrogen) atoms. The van der Waals surface area contributed by atoms with Gasteiger partial charge in [-0.1, -0.05) is 11.5 Å². The molecule has 0 radical (unpaired) electrons. The summed E-state index contributed by atoms with van der Waals surface area (Å²) in [6.45, 7) is 1.14. The standard InChI is InChI=1S/C10H18N4O2/c1-16-10(15)9(8-4-2-5-8)12-6-3-7-13-14-11/h8-9,12H,2-7H2,1H3. The summed E-state index contributed by atoms with van der Waals surface area (Å²) in [5, 5.41) is 6.61. The van der Waals surface area contributed by atoms with Gasteiger partial charge in [0.05, 0.1) is 7.11 Å². The van der Waals surface area contributed by atoms with Crippen molar-refractivity contribution in [2.24, 2.45) is 11.0 Å². The molecule has 1 rings (SSSR count). The summed E-state index contributed by atoms with van der Waals surface area (Å²) in [5.74, 6) is 0.223. The maximum atomic E-state index is 11.5. The molecule has 0 aromatic heterocycles. The molecule has 1 aliphatic rings. The number of carbonyl (C=O) groups excluding carboxylic acids is 1. The van der Waals surface area contributed by atoms with Gasteiger partial charge in [-0.15, -0.1) is 0 Å². The Morgan fingerprint density at radius 2 is 2.44 bits per heavy atom. The van der Waals surface area contributed by atoms with Crippen LogP contribution in [0, 0.1) is 5.92 Å². The van der Waals surface area contributed by atoms with E-state index in [1.54, 1.807) is 0 Å². The Morgan fingerprint density at radius 1 is 1.69 bits per heavy atom. The van der Waals surface area contributed by atoms with Crippen molar-refractivity contribution in [3.05, 3.63) is 10.4 Å². The first-order valence-corrected chi connectivity index (χ1v) is 5.61. The minimum Gasteiger partial charge on any atom is -0.468 e. The van der Waals surface area contributed by atoms with Gasteiger partial charge < -0.3 is 10.1 Å². The summed E-state index contributed by atoms with van der Waals surface area (Å²) in [7, 11) is 1.41. The van der Waals surface area contributed by atoms with Gasteiger partial charge in [0.25, 0.3) is 0 Å². The summed E-state index contributed by atoms with van der Waals surface area (Å²) in [6.07, 6.45) is 4.11. The third kappa shape index (κ3) is 3.72. The molecule has 0 aromatic rings. The molecule has 0 amide bonds. The van der Waals surface area contributed by atoms with Crippen LogP contribution in [0.2, 0.25) is 0 Å². The average molecular weight is 226 g/mol. The van der Waals surface area contributed by atoms with Crippen molar-refractivity contribution in [1.82, 2.24) is 5.32 Å². The molecule has 90 valence electrons. The van der Waals surface area contributed by atoms with Gasteiger partial charge in [0.1, 0.15) is 6.04 Å². The van der Waals surface area contributed by atoms with Crippen LogP contribution in [0.1, 0.15) is 25.7 Å². The minimum absolute atomic E-state index is 0.187. The van der Waals surface area contributed by atoms with Crippen molar-refractivity contribution in [1.29, 1.82) is 0 Å². The van der Waals surface area contributed by atoms with Crippen LogP contribution in [0.4, 0.5) is 0 Å². The first-order valence-electron chi connectivity index (χ1n) is 5.61. The third-order valence-corrected chi connectivity index (χ3v) is 2.94. The smallest absolute Gasteiger partial charge is 0.323 e. The molecular weight excluding hydrogens is 208 g/mol. The lowest BCUT2D eigenvalue weighted by Crippen LogP contribution is -2.46. The van der Waals surface area contributed by atoms with Crippen LogP contribution >= 0.6 is 0 Å². The second kappa shape index (κ2) is 7.09. The van der Waals surface area contributed by atoms with Crippen LogP contribution in [0.3, 0.4) is 0 Å². The molecule has 0 spiro atoms. The lowest BCUT2D eigenvalue weighted by molar-refractivity contribution is -0.145. The molecule has 1 aliphatic carbocycles. The quantitative estimate of drug-likeness (QED) is 0.235. The van der Waals surface area contributed by atoms with E-state index in [0.29, 0.717) is 19.0 Å². The molecule has 0 aromatic carbocycles. The number of esters is 1. The number of azide groups is 1. The van der Waals surface area contributed by atoms with E-state index in [4.69, 9.17) is 10.3 Å². The first-order chi connectivity index (χ1) is 7.79. The number of nitrogens with zero attached hydrogens (tertiary/aromatic N) is 3. The number of hydrogen-bond acceptors (Lipinski definition) is 4. The molecule has 0 bridgehead atoms. The molecule has 1 atom stereocenters. The summed E-state index contributed by atoms with van der Waals surface area (Å²) in [5.41, 5.74) is 8.10. The summed E-state index contributed by atoms with van der Waals surface area (Å²) in [6, 6.07) is -0.190. The highest BCUT2D eigenvalue weighted by Crippen LogP contribution is 2.30. The predicted octanol–water partition coefficient (Wildman–Crippen LogP) is 1.62. The van der Waals surface area contributed by atoms with E-state index >= 15 is 0 Å². The molecule has 6 heteroatoms. The van der Waals surface area contributed by atoms with E-state index in [1.807, 2.05) is 0 Å². The van der Waals surface area contributed by atoms with Gasteiger partial charge in [0, 0.05) is 11.5 Å². The van der Waals surface area contributed by atoms with Gasteiger partial charge in [-0.2, -0.15) is 0 Å². The average Bonchev–Trinajstić information content (AvgIpc) is 2.23. The predicted molar refractivity (Wildman–Crippen MR) is 59.8 cm³/mol. The van der Waals surface area contributed by atoms with Crippen molar-refractivity contribution in [3.63, 3.8) is 0 Å². The lowest BCUT2D eigenvalue weighted by atomic mass is 9.79. The fourth-order valence-electron chi connectivity index (χ4n) is 1.79. The van der Waals surface area contributed by atoms with E-state index in [1.165, 1.54) is 13.5 Å². The van der Waals surface area contributed by atoms with Crippen molar-refractivity contribution < 1.29 is 9.53 Å². The van der Waals surface area contributed by atoms with Crippen LogP contribution in [-0.4, -0.2) is 32.2 Å². The minimum atomic E-state index is -0.190. The maximum Gasteiger partial charge on any atom is 0.323 e. The monoisotopic (exact) mass is 226 g/mol. The Kier molecular flexibility index (Phi) is 5.67. The number of rotatable bonds is 7. The van der Waals surface area contributed by atoms with Crippen molar-refractivity contribution in [3.8, 4) is 0 Å². The molecular formula is C10H18N4O2. The van der Waals surface area contributed by atoms with Crippen molar-refractivity contribution >= 4 is 5.97 Å². The number of nitrogens with one attached hydrogen (secondary N) is 1. The fourth-order valence-corrected chi connectivity index (χ4v) is 1.79. The van der Waals surface area contributed by atoms with E-state index in [0.717, 1.165) is 19.3 Å². The van der Waals surface area contributed by atoms with Gasteiger partial charge in [-0.05, 0) is 37.3 Å². The number of hydrogen-bond donors (Lipinski definition) is 1. The molecule has 0 saturated heterocycles. The SMILES string of the molecule is COC(=O)C(NCCCN=[N+]=[N-])C1CCC1. The molecule has 1 unspecified atom stereocenters.